The normalized spacial score (nSPS) is 16.5. The molecule has 5 rings (SSSR count). The van der Waals surface area contributed by atoms with Crippen LogP contribution in [0.1, 0.15) is 40.2 Å². The number of piperidine rings is 1. The van der Waals surface area contributed by atoms with Crippen LogP contribution in [0.25, 0.3) is 11.4 Å². The molecule has 9 heteroatoms. The van der Waals surface area contributed by atoms with Crippen molar-refractivity contribution in [1.82, 2.24) is 20.4 Å². The van der Waals surface area contributed by atoms with Gasteiger partial charge in [0.2, 0.25) is 5.82 Å². The maximum atomic E-state index is 12.6. The molecule has 0 unspecified atom stereocenters. The number of amides is 2. The average Bonchev–Trinajstić information content (AvgIpc) is 3.38. The van der Waals surface area contributed by atoms with Crippen molar-refractivity contribution in [2.24, 2.45) is 5.92 Å². The SMILES string of the molecule is Cc1ccc(C)c(CN2CCC(CNC(=O)c3nc(-c4ccc5c(c4)OCC(=O)N5C)no3)CC2)c1. The fourth-order valence-corrected chi connectivity index (χ4v) is 4.72. The van der Waals surface area contributed by atoms with Gasteiger partial charge in [-0.15, -0.1) is 0 Å². The number of aryl methyl sites for hydroxylation is 2. The minimum absolute atomic E-state index is 0.0165. The molecule has 2 aromatic carbocycles. The molecule has 36 heavy (non-hydrogen) atoms. The number of likely N-dealkylation sites (tertiary alicyclic amines) is 1. The van der Waals surface area contributed by atoms with E-state index in [4.69, 9.17) is 9.26 Å². The predicted molar refractivity (Wildman–Crippen MR) is 135 cm³/mol. The van der Waals surface area contributed by atoms with Crippen LogP contribution in [-0.2, 0) is 11.3 Å². The molecule has 0 saturated carbocycles. The molecule has 0 bridgehead atoms. The van der Waals surface area contributed by atoms with Crippen molar-refractivity contribution in [3.63, 3.8) is 0 Å². The summed E-state index contributed by atoms with van der Waals surface area (Å²) < 4.78 is 10.7. The Morgan fingerprint density at radius 3 is 2.75 bits per heavy atom. The molecule has 1 aromatic heterocycles. The third-order valence-corrected chi connectivity index (χ3v) is 7.08. The Labute approximate surface area is 210 Å². The van der Waals surface area contributed by atoms with Crippen LogP contribution in [0, 0.1) is 19.8 Å². The first-order valence-electron chi connectivity index (χ1n) is 12.3. The molecule has 188 valence electrons. The lowest BCUT2D eigenvalue weighted by molar-refractivity contribution is -0.120. The van der Waals surface area contributed by atoms with E-state index in [2.05, 4.69) is 52.4 Å². The molecular formula is C27H31N5O4. The van der Waals surface area contributed by atoms with Gasteiger partial charge in [0.05, 0.1) is 5.69 Å². The van der Waals surface area contributed by atoms with Gasteiger partial charge in [-0.25, -0.2) is 0 Å². The number of carbonyl (C=O) groups excluding carboxylic acids is 2. The van der Waals surface area contributed by atoms with Gasteiger partial charge >= 0.3 is 11.8 Å². The maximum Gasteiger partial charge on any atom is 0.316 e. The van der Waals surface area contributed by atoms with E-state index in [1.54, 1.807) is 30.1 Å². The Bertz CT molecular complexity index is 1280. The third-order valence-electron chi connectivity index (χ3n) is 7.08. The highest BCUT2D eigenvalue weighted by atomic mass is 16.5. The average molecular weight is 490 g/mol. The molecule has 0 radical (unpaired) electrons. The lowest BCUT2D eigenvalue weighted by Gasteiger charge is -2.32. The molecule has 3 aromatic rings. The van der Waals surface area contributed by atoms with E-state index in [0.29, 0.717) is 35.3 Å². The van der Waals surface area contributed by atoms with Crippen LogP contribution in [0.15, 0.2) is 40.9 Å². The molecule has 9 nitrogen and oxygen atoms in total. The second-order valence-corrected chi connectivity index (χ2v) is 9.71. The van der Waals surface area contributed by atoms with Gasteiger partial charge in [-0.1, -0.05) is 28.9 Å². The number of rotatable bonds is 6. The summed E-state index contributed by atoms with van der Waals surface area (Å²) in [5.74, 6) is 0.735. The molecule has 1 fully saturated rings. The predicted octanol–water partition coefficient (Wildman–Crippen LogP) is 3.35. The Hall–Kier alpha value is -3.72. The van der Waals surface area contributed by atoms with E-state index in [0.717, 1.165) is 32.5 Å². The molecular weight excluding hydrogens is 458 g/mol. The number of nitrogens with one attached hydrogen (secondary N) is 1. The summed E-state index contributed by atoms with van der Waals surface area (Å²) in [4.78, 5) is 32.7. The van der Waals surface area contributed by atoms with E-state index in [1.807, 2.05) is 0 Å². The summed E-state index contributed by atoms with van der Waals surface area (Å²) in [6, 6.07) is 11.9. The Morgan fingerprint density at radius 1 is 1.14 bits per heavy atom. The number of benzene rings is 2. The van der Waals surface area contributed by atoms with Gasteiger partial charge in [0.25, 0.3) is 5.91 Å². The van der Waals surface area contributed by atoms with Crippen LogP contribution in [0.4, 0.5) is 5.69 Å². The minimum atomic E-state index is -0.369. The topological polar surface area (TPSA) is 101 Å². The number of anilines is 1. The molecule has 1 saturated heterocycles. The Morgan fingerprint density at radius 2 is 1.94 bits per heavy atom. The fraction of sp³-hybridized carbons (Fsp3) is 0.407. The van der Waals surface area contributed by atoms with Crippen LogP contribution in [0.2, 0.25) is 0 Å². The van der Waals surface area contributed by atoms with E-state index < -0.39 is 0 Å². The number of ether oxygens (including phenoxy) is 1. The standard InChI is InChI=1S/C27H31N5O4/c1-17-4-5-18(2)21(12-17)15-32-10-8-19(9-11-32)14-28-26(34)27-29-25(30-36-27)20-6-7-22-23(13-20)35-16-24(33)31(22)3/h4-7,12-13,19H,8-11,14-16H2,1-3H3,(H,28,34). The first-order chi connectivity index (χ1) is 17.4. The monoisotopic (exact) mass is 489 g/mol. The second-order valence-electron chi connectivity index (χ2n) is 9.71. The van der Waals surface area contributed by atoms with Crippen molar-refractivity contribution in [3.8, 4) is 17.1 Å². The summed E-state index contributed by atoms with van der Waals surface area (Å²) in [5, 5.41) is 6.91. The third kappa shape index (κ3) is 5.11. The highest BCUT2D eigenvalue weighted by molar-refractivity contribution is 5.97. The zero-order valence-electron chi connectivity index (χ0n) is 20.9. The van der Waals surface area contributed by atoms with Gasteiger partial charge in [0.15, 0.2) is 6.61 Å². The fourth-order valence-electron chi connectivity index (χ4n) is 4.72. The summed E-state index contributed by atoms with van der Waals surface area (Å²) in [6.45, 7) is 7.86. The van der Waals surface area contributed by atoms with Crippen LogP contribution in [-0.4, -0.2) is 60.1 Å². The molecule has 0 spiro atoms. The van der Waals surface area contributed by atoms with Gasteiger partial charge in [-0.2, -0.15) is 4.98 Å². The number of hydrogen-bond donors (Lipinski definition) is 1. The Kier molecular flexibility index (Phi) is 6.73. The maximum absolute atomic E-state index is 12.6. The smallest absolute Gasteiger partial charge is 0.316 e. The first kappa shape index (κ1) is 24.0. The number of carbonyl (C=O) groups is 2. The number of nitrogens with zero attached hydrogens (tertiary/aromatic N) is 4. The highest BCUT2D eigenvalue weighted by Crippen LogP contribution is 2.34. The zero-order valence-corrected chi connectivity index (χ0v) is 20.9. The van der Waals surface area contributed by atoms with Crippen LogP contribution in [0.3, 0.4) is 0 Å². The van der Waals surface area contributed by atoms with E-state index in [9.17, 15) is 9.59 Å². The van der Waals surface area contributed by atoms with Gasteiger partial charge in [0.1, 0.15) is 5.75 Å². The molecule has 3 heterocycles. The first-order valence-corrected chi connectivity index (χ1v) is 12.3. The van der Waals surface area contributed by atoms with Gasteiger partial charge in [-0.3, -0.25) is 14.5 Å². The summed E-state index contributed by atoms with van der Waals surface area (Å²) in [6.07, 6.45) is 2.07. The lowest BCUT2D eigenvalue weighted by Crippen LogP contribution is -2.38. The molecule has 0 atom stereocenters. The van der Waals surface area contributed by atoms with Crippen molar-refractivity contribution in [2.75, 3.05) is 38.2 Å². The van der Waals surface area contributed by atoms with Crippen molar-refractivity contribution < 1.29 is 18.8 Å². The number of likely N-dealkylation sites (N-methyl/N-ethyl adjacent to an activating group) is 1. The highest BCUT2D eigenvalue weighted by Gasteiger charge is 2.25. The largest absolute Gasteiger partial charge is 0.482 e. The van der Waals surface area contributed by atoms with Crippen LogP contribution < -0.4 is 15.0 Å². The minimum Gasteiger partial charge on any atom is -0.482 e. The van der Waals surface area contributed by atoms with Crippen molar-refractivity contribution in [3.05, 3.63) is 59.0 Å². The number of aromatic nitrogens is 2. The molecule has 1 N–H and O–H groups in total. The molecule has 2 aliphatic rings. The van der Waals surface area contributed by atoms with Crippen molar-refractivity contribution in [2.45, 2.75) is 33.2 Å². The van der Waals surface area contributed by atoms with E-state index in [-0.39, 0.29) is 24.3 Å². The van der Waals surface area contributed by atoms with Crippen LogP contribution in [0.5, 0.6) is 5.75 Å². The number of hydrogen-bond acceptors (Lipinski definition) is 7. The van der Waals surface area contributed by atoms with Crippen molar-refractivity contribution >= 4 is 17.5 Å². The lowest BCUT2D eigenvalue weighted by atomic mass is 9.96. The van der Waals surface area contributed by atoms with E-state index >= 15 is 0 Å². The molecule has 0 aliphatic carbocycles. The summed E-state index contributed by atoms with van der Waals surface area (Å²) in [5.41, 5.74) is 5.34. The quantitative estimate of drug-likeness (QED) is 0.567. The summed E-state index contributed by atoms with van der Waals surface area (Å²) in [7, 11) is 1.70. The van der Waals surface area contributed by atoms with Gasteiger partial charge in [0, 0.05) is 25.7 Å². The molecule has 2 amide bonds. The van der Waals surface area contributed by atoms with Crippen molar-refractivity contribution in [1.29, 1.82) is 0 Å². The summed E-state index contributed by atoms with van der Waals surface area (Å²) >= 11 is 0. The zero-order chi connectivity index (χ0) is 25.2. The van der Waals surface area contributed by atoms with Gasteiger partial charge in [-0.05, 0) is 75.0 Å². The number of fused-ring (bicyclic) bond motifs is 1. The Balaban J connectivity index is 1.13. The molecule has 2 aliphatic heterocycles. The van der Waals surface area contributed by atoms with Gasteiger partial charge < -0.3 is 19.5 Å². The van der Waals surface area contributed by atoms with Crippen LogP contribution >= 0.6 is 0 Å². The second kappa shape index (κ2) is 10.1. The van der Waals surface area contributed by atoms with E-state index in [1.165, 1.54) is 16.7 Å².